The lowest BCUT2D eigenvalue weighted by Crippen LogP contribution is -2.05. The minimum Gasteiger partial charge on any atom is -0.326 e. The Labute approximate surface area is 169 Å². The van der Waals surface area contributed by atoms with Crippen molar-refractivity contribution in [3.05, 3.63) is 102 Å². The molecule has 4 heteroatoms. The second-order valence-corrected chi connectivity index (χ2v) is 6.85. The van der Waals surface area contributed by atoms with E-state index >= 15 is 0 Å². The SMILES string of the molecule is C=C(c1cccc(NC(C)=O)c1)c1ccc2c(/C=C/c3ccccc3)n[nH]c2c1. The molecule has 0 saturated carbocycles. The Morgan fingerprint density at radius 1 is 0.966 bits per heavy atom. The molecule has 1 heterocycles. The number of nitrogens with zero attached hydrogens (tertiary/aromatic N) is 1. The highest BCUT2D eigenvalue weighted by atomic mass is 16.1. The van der Waals surface area contributed by atoms with Crippen LogP contribution in [0.3, 0.4) is 0 Å². The standard InChI is InChI=1S/C25H21N3O/c1-17(20-9-6-10-22(15-20)26-18(2)29)21-12-13-23-24(27-28-25(23)16-21)14-11-19-7-4-3-5-8-19/h3-16H,1H2,2H3,(H,26,29)(H,27,28)/b14-11+. The number of benzene rings is 3. The third-order valence-corrected chi connectivity index (χ3v) is 4.71. The monoisotopic (exact) mass is 379 g/mol. The number of rotatable bonds is 5. The molecule has 0 aliphatic carbocycles. The van der Waals surface area contributed by atoms with E-state index in [-0.39, 0.29) is 5.91 Å². The molecule has 142 valence electrons. The van der Waals surface area contributed by atoms with Gasteiger partial charge in [-0.1, -0.05) is 61.2 Å². The van der Waals surface area contributed by atoms with Crippen molar-refractivity contribution < 1.29 is 4.79 Å². The van der Waals surface area contributed by atoms with E-state index in [1.807, 2.05) is 54.6 Å². The van der Waals surface area contributed by atoms with E-state index in [1.54, 1.807) is 0 Å². The number of fused-ring (bicyclic) bond motifs is 1. The van der Waals surface area contributed by atoms with Crippen LogP contribution in [0.1, 0.15) is 29.3 Å². The lowest BCUT2D eigenvalue weighted by molar-refractivity contribution is -0.114. The van der Waals surface area contributed by atoms with Crippen LogP contribution in [-0.2, 0) is 4.79 Å². The van der Waals surface area contributed by atoms with Crippen LogP contribution in [0, 0.1) is 0 Å². The third kappa shape index (κ3) is 4.17. The van der Waals surface area contributed by atoms with Gasteiger partial charge in [0.2, 0.25) is 5.91 Å². The molecule has 4 aromatic rings. The second-order valence-electron chi connectivity index (χ2n) is 6.85. The van der Waals surface area contributed by atoms with E-state index in [4.69, 9.17) is 0 Å². The molecule has 0 aliphatic rings. The predicted molar refractivity (Wildman–Crippen MR) is 120 cm³/mol. The maximum atomic E-state index is 11.3. The minimum absolute atomic E-state index is 0.0947. The summed E-state index contributed by atoms with van der Waals surface area (Å²) in [6, 6.07) is 24.0. The highest BCUT2D eigenvalue weighted by Gasteiger charge is 2.08. The maximum Gasteiger partial charge on any atom is 0.221 e. The first-order chi connectivity index (χ1) is 14.1. The molecular weight excluding hydrogens is 358 g/mol. The van der Waals surface area contributed by atoms with Crippen LogP contribution in [0.25, 0.3) is 28.6 Å². The molecule has 29 heavy (non-hydrogen) atoms. The molecule has 4 rings (SSSR count). The Kier molecular flexibility index (Phi) is 5.08. The summed E-state index contributed by atoms with van der Waals surface area (Å²) in [5.41, 5.74) is 6.58. The van der Waals surface area contributed by atoms with Crippen molar-refractivity contribution in [2.45, 2.75) is 6.92 Å². The number of amides is 1. The molecule has 1 amide bonds. The fourth-order valence-corrected chi connectivity index (χ4v) is 3.25. The van der Waals surface area contributed by atoms with Gasteiger partial charge in [-0.25, -0.2) is 0 Å². The smallest absolute Gasteiger partial charge is 0.221 e. The number of hydrogen-bond donors (Lipinski definition) is 2. The normalized spacial score (nSPS) is 11.1. The first kappa shape index (κ1) is 18.4. The fraction of sp³-hybridized carbons (Fsp3) is 0.0400. The van der Waals surface area contributed by atoms with Crippen LogP contribution in [0.4, 0.5) is 5.69 Å². The Morgan fingerprint density at radius 2 is 1.76 bits per heavy atom. The average molecular weight is 379 g/mol. The first-order valence-electron chi connectivity index (χ1n) is 9.39. The summed E-state index contributed by atoms with van der Waals surface area (Å²) in [4.78, 5) is 11.3. The Morgan fingerprint density at radius 3 is 2.55 bits per heavy atom. The van der Waals surface area contributed by atoms with Crippen LogP contribution in [-0.4, -0.2) is 16.1 Å². The zero-order chi connectivity index (χ0) is 20.2. The molecule has 2 N–H and O–H groups in total. The fourth-order valence-electron chi connectivity index (χ4n) is 3.25. The Bertz CT molecular complexity index is 1220. The Balaban J connectivity index is 1.61. The van der Waals surface area contributed by atoms with Gasteiger partial charge in [-0.15, -0.1) is 0 Å². The van der Waals surface area contributed by atoms with Crippen LogP contribution < -0.4 is 5.32 Å². The van der Waals surface area contributed by atoms with Crippen molar-refractivity contribution in [1.29, 1.82) is 0 Å². The average Bonchev–Trinajstić information content (AvgIpc) is 3.14. The zero-order valence-corrected chi connectivity index (χ0v) is 16.1. The molecule has 0 unspecified atom stereocenters. The molecule has 0 fully saturated rings. The minimum atomic E-state index is -0.0947. The summed E-state index contributed by atoms with van der Waals surface area (Å²) in [5.74, 6) is -0.0947. The van der Waals surface area contributed by atoms with Gasteiger partial charge < -0.3 is 5.32 Å². The quantitative estimate of drug-likeness (QED) is 0.464. The molecule has 0 atom stereocenters. The molecular formula is C25H21N3O. The van der Waals surface area contributed by atoms with Crippen molar-refractivity contribution >= 4 is 40.2 Å². The van der Waals surface area contributed by atoms with Crippen molar-refractivity contribution in [3.8, 4) is 0 Å². The number of H-pyrrole nitrogens is 1. The molecule has 0 radical (unpaired) electrons. The van der Waals surface area contributed by atoms with Gasteiger partial charge in [0, 0.05) is 18.0 Å². The van der Waals surface area contributed by atoms with Crippen molar-refractivity contribution in [3.63, 3.8) is 0 Å². The number of nitrogens with one attached hydrogen (secondary N) is 2. The number of aromatic nitrogens is 2. The van der Waals surface area contributed by atoms with Crippen molar-refractivity contribution in [1.82, 2.24) is 10.2 Å². The summed E-state index contributed by atoms with van der Waals surface area (Å²) in [6.07, 6.45) is 4.07. The van der Waals surface area contributed by atoms with E-state index in [9.17, 15) is 4.79 Å². The molecule has 0 saturated heterocycles. The van der Waals surface area contributed by atoms with Gasteiger partial charge in [0.05, 0.1) is 11.2 Å². The molecule has 0 aliphatic heterocycles. The topological polar surface area (TPSA) is 57.8 Å². The summed E-state index contributed by atoms with van der Waals surface area (Å²) in [7, 11) is 0. The van der Waals surface area contributed by atoms with E-state index in [0.717, 1.165) is 44.5 Å². The number of hydrogen-bond acceptors (Lipinski definition) is 2. The number of aromatic amines is 1. The van der Waals surface area contributed by atoms with E-state index in [1.165, 1.54) is 6.92 Å². The van der Waals surface area contributed by atoms with Gasteiger partial charge in [-0.3, -0.25) is 9.89 Å². The summed E-state index contributed by atoms with van der Waals surface area (Å²) in [6.45, 7) is 5.74. The van der Waals surface area contributed by atoms with Gasteiger partial charge in [-0.2, -0.15) is 5.10 Å². The maximum absolute atomic E-state index is 11.3. The van der Waals surface area contributed by atoms with Gasteiger partial charge in [0.1, 0.15) is 0 Å². The summed E-state index contributed by atoms with van der Waals surface area (Å²) in [5, 5.41) is 11.4. The highest BCUT2D eigenvalue weighted by molar-refractivity contribution is 5.93. The largest absolute Gasteiger partial charge is 0.326 e. The van der Waals surface area contributed by atoms with Crippen molar-refractivity contribution in [2.75, 3.05) is 5.32 Å². The van der Waals surface area contributed by atoms with E-state index in [2.05, 4.69) is 52.4 Å². The molecule has 4 nitrogen and oxygen atoms in total. The van der Waals surface area contributed by atoms with Crippen LogP contribution in [0.2, 0.25) is 0 Å². The summed E-state index contributed by atoms with van der Waals surface area (Å²) >= 11 is 0. The summed E-state index contributed by atoms with van der Waals surface area (Å²) < 4.78 is 0. The van der Waals surface area contributed by atoms with Gasteiger partial charge in [-0.05, 0) is 52.6 Å². The third-order valence-electron chi connectivity index (χ3n) is 4.71. The van der Waals surface area contributed by atoms with E-state index in [0.29, 0.717) is 0 Å². The lowest BCUT2D eigenvalue weighted by atomic mass is 9.98. The van der Waals surface area contributed by atoms with Crippen molar-refractivity contribution in [2.24, 2.45) is 0 Å². The molecule has 0 spiro atoms. The number of anilines is 1. The van der Waals surface area contributed by atoms with Crippen LogP contribution in [0.5, 0.6) is 0 Å². The van der Waals surface area contributed by atoms with E-state index < -0.39 is 0 Å². The van der Waals surface area contributed by atoms with Gasteiger partial charge in [0.25, 0.3) is 0 Å². The highest BCUT2D eigenvalue weighted by Crippen LogP contribution is 2.27. The predicted octanol–water partition coefficient (Wildman–Crippen LogP) is 5.75. The van der Waals surface area contributed by atoms with Gasteiger partial charge in [0.15, 0.2) is 0 Å². The first-order valence-corrected chi connectivity index (χ1v) is 9.39. The van der Waals surface area contributed by atoms with Crippen LogP contribution >= 0.6 is 0 Å². The zero-order valence-electron chi connectivity index (χ0n) is 16.1. The molecule has 1 aromatic heterocycles. The number of carbonyl (C=O) groups excluding carboxylic acids is 1. The number of carbonyl (C=O) groups is 1. The lowest BCUT2D eigenvalue weighted by Gasteiger charge is -2.09. The Hall–Kier alpha value is -3.92. The second kappa shape index (κ2) is 7.98. The molecule has 0 bridgehead atoms. The van der Waals surface area contributed by atoms with Crippen LogP contribution in [0.15, 0.2) is 79.4 Å². The van der Waals surface area contributed by atoms with Gasteiger partial charge >= 0.3 is 0 Å². The molecule has 3 aromatic carbocycles.